The summed E-state index contributed by atoms with van der Waals surface area (Å²) >= 11 is 7.17. The van der Waals surface area contributed by atoms with Gasteiger partial charge in [0.15, 0.2) is 5.82 Å². The van der Waals surface area contributed by atoms with E-state index < -0.39 is 0 Å². The molecule has 5 heterocycles. The van der Waals surface area contributed by atoms with Gasteiger partial charge >= 0.3 is 0 Å². The molecule has 7 rings (SSSR count). The number of rotatable bonds is 7. The minimum Gasteiger partial charge on any atom is -0.378 e. The van der Waals surface area contributed by atoms with Crippen molar-refractivity contribution in [2.24, 2.45) is 5.41 Å². The van der Waals surface area contributed by atoms with Crippen LogP contribution in [0, 0.1) is 19.3 Å². The molecule has 9 nitrogen and oxygen atoms in total. The average molecular weight is 606 g/mol. The first-order chi connectivity index (χ1) is 20.6. The van der Waals surface area contributed by atoms with Crippen molar-refractivity contribution in [3.8, 4) is 11.1 Å². The van der Waals surface area contributed by atoms with Crippen LogP contribution in [0.5, 0.6) is 0 Å². The molecular formula is C33H44ClN7O2. The van der Waals surface area contributed by atoms with Gasteiger partial charge in [-0.3, -0.25) is 19.5 Å². The Morgan fingerprint density at radius 1 is 1.21 bits per heavy atom. The van der Waals surface area contributed by atoms with Gasteiger partial charge in [-0.15, -0.1) is 0 Å². The van der Waals surface area contributed by atoms with Gasteiger partial charge in [-0.1, -0.05) is 25.1 Å². The Bertz CT molecular complexity index is 1570. The highest BCUT2D eigenvalue weighted by Gasteiger charge is 2.55. The zero-order valence-electron chi connectivity index (χ0n) is 26.1. The summed E-state index contributed by atoms with van der Waals surface area (Å²) in [6.07, 6.45) is 7.51. The number of carbonyl (C=O) groups excluding carboxylic acids is 1. The number of nitrogens with zero attached hydrogens (tertiary/aromatic N) is 6. The Kier molecular flexibility index (Phi) is 6.95. The van der Waals surface area contributed by atoms with Gasteiger partial charge in [0.2, 0.25) is 5.91 Å². The molecule has 1 N–H and O–H groups in total. The van der Waals surface area contributed by atoms with E-state index in [0.717, 1.165) is 109 Å². The number of aryl methyl sites for hydroxylation is 1. The number of aromatic amines is 1. The van der Waals surface area contributed by atoms with Gasteiger partial charge in [0, 0.05) is 58.8 Å². The van der Waals surface area contributed by atoms with Crippen LogP contribution in [0.1, 0.15) is 63.8 Å². The highest BCUT2D eigenvalue weighted by Crippen LogP contribution is 2.56. The normalized spacial score (nSPS) is 23.5. The van der Waals surface area contributed by atoms with Crippen LogP contribution >= 0.6 is 11.6 Å². The summed E-state index contributed by atoms with van der Waals surface area (Å²) in [6.45, 7) is 20.2. The Hall–Kier alpha value is -2.88. The highest BCUT2D eigenvalue weighted by molar-refractivity contribution is 6.36. The predicted molar refractivity (Wildman–Crippen MR) is 171 cm³/mol. The number of H-pyrrole nitrogens is 1. The molecule has 3 saturated heterocycles. The molecule has 10 heteroatoms. The Balaban J connectivity index is 1.26. The number of halogens is 1. The zero-order valence-corrected chi connectivity index (χ0v) is 26.9. The number of anilines is 1. The van der Waals surface area contributed by atoms with Crippen LogP contribution in [0.15, 0.2) is 24.9 Å². The summed E-state index contributed by atoms with van der Waals surface area (Å²) in [7, 11) is 0. The maximum absolute atomic E-state index is 12.1. The number of benzene rings is 1. The van der Waals surface area contributed by atoms with Gasteiger partial charge in [-0.05, 0) is 77.6 Å². The first-order valence-electron chi connectivity index (χ1n) is 15.8. The van der Waals surface area contributed by atoms with E-state index >= 15 is 0 Å². The van der Waals surface area contributed by atoms with Crippen LogP contribution < -0.4 is 4.90 Å². The molecule has 2 aromatic heterocycles. The molecule has 1 aromatic carbocycles. The van der Waals surface area contributed by atoms with Crippen LogP contribution in [0.25, 0.3) is 22.0 Å². The standard InChI is InChI=1S/C33H44ClN7O2/c1-7-27(42)38-18-33(19-38)13-23(14-33)41-21(4)28(29-25-15-35-36-26(25)11-20(3)30(29)34)31(37-41)40-10-9-22(12-32(40,5)6)39(8-2)24-16-43-17-24/h7,11,15,22-24H,1,8-10,12-14,16-19H2,2-6H3,(H,35,36). The molecule has 43 heavy (non-hydrogen) atoms. The minimum absolute atomic E-state index is 0.0317. The summed E-state index contributed by atoms with van der Waals surface area (Å²) < 4.78 is 7.83. The Morgan fingerprint density at radius 3 is 2.58 bits per heavy atom. The largest absolute Gasteiger partial charge is 0.378 e. The van der Waals surface area contributed by atoms with E-state index in [2.05, 4.69) is 71.9 Å². The maximum atomic E-state index is 12.1. The van der Waals surface area contributed by atoms with E-state index in [-0.39, 0.29) is 16.9 Å². The number of fused-ring (bicyclic) bond motifs is 1. The molecule has 1 atom stereocenters. The molecular weight excluding hydrogens is 562 g/mol. The SMILES string of the molecule is C=CC(=O)N1CC2(CC(n3nc(N4CCC(N(CC)C5COC5)CC4(C)C)c(-c4c(Cl)c(C)cc5[nH]ncc45)c3C)C2)C1. The number of carbonyl (C=O) groups is 1. The van der Waals surface area contributed by atoms with Crippen molar-refractivity contribution in [1.82, 2.24) is 29.8 Å². The van der Waals surface area contributed by atoms with Gasteiger partial charge in [0.1, 0.15) is 0 Å². The Labute approximate surface area is 259 Å². The minimum atomic E-state index is -0.104. The first-order valence-corrected chi connectivity index (χ1v) is 16.2. The number of hydrogen-bond donors (Lipinski definition) is 1. The molecule has 0 bridgehead atoms. The Morgan fingerprint density at radius 2 is 1.95 bits per heavy atom. The molecule has 3 aromatic rings. The van der Waals surface area contributed by atoms with Crippen molar-refractivity contribution in [3.63, 3.8) is 0 Å². The van der Waals surface area contributed by atoms with Crippen molar-refractivity contribution in [1.29, 1.82) is 0 Å². The van der Waals surface area contributed by atoms with Gasteiger partial charge < -0.3 is 14.5 Å². The van der Waals surface area contributed by atoms with Crippen molar-refractivity contribution in [2.45, 2.75) is 84.0 Å². The number of piperidine rings is 1. The molecule has 4 aliphatic rings. The van der Waals surface area contributed by atoms with Crippen LogP contribution in [0.4, 0.5) is 5.82 Å². The topological polar surface area (TPSA) is 82.5 Å². The number of amides is 1. The first kappa shape index (κ1) is 28.9. The molecule has 230 valence electrons. The summed E-state index contributed by atoms with van der Waals surface area (Å²) in [5, 5.41) is 14.8. The second-order valence-corrected chi connectivity index (χ2v) is 14.4. The third-order valence-corrected chi connectivity index (χ3v) is 11.3. The van der Waals surface area contributed by atoms with Crippen LogP contribution in [-0.4, -0.2) is 92.7 Å². The number of nitrogens with one attached hydrogen (secondary N) is 1. The third kappa shape index (κ3) is 4.53. The fraction of sp³-hybridized carbons (Fsp3) is 0.606. The summed E-state index contributed by atoms with van der Waals surface area (Å²) in [5.41, 5.74) is 5.38. The lowest BCUT2D eigenvalue weighted by Crippen LogP contribution is -2.63. The summed E-state index contributed by atoms with van der Waals surface area (Å²) in [5.74, 6) is 1.05. The fourth-order valence-electron chi connectivity index (χ4n) is 8.48. The predicted octanol–water partition coefficient (Wildman–Crippen LogP) is 5.51. The van der Waals surface area contributed by atoms with Crippen LogP contribution in [-0.2, 0) is 9.53 Å². The molecule has 1 spiro atoms. The van der Waals surface area contributed by atoms with Crippen LogP contribution in [0.2, 0.25) is 5.02 Å². The van der Waals surface area contributed by atoms with Crippen molar-refractivity contribution in [2.75, 3.05) is 44.3 Å². The average Bonchev–Trinajstić information content (AvgIpc) is 3.48. The van der Waals surface area contributed by atoms with Gasteiger partial charge in [0.05, 0.1) is 42.0 Å². The maximum Gasteiger partial charge on any atom is 0.245 e. The molecule has 1 unspecified atom stereocenters. The number of aromatic nitrogens is 4. The molecule has 3 aliphatic heterocycles. The van der Waals surface area contributed by atoms with Crippen LogP contribution in [0.3, 0.4) is 0 Å². The van der Waals surface area contributed by atoms with Gasteiger partial charge in [0.25, 0.3) is 0 Å². The molecule has 1 amide bonds. The van der Waals surface area contributed by atoms with E-state index in [4.69, 9.17) is 21.4 Å². The molecule has 1 saturated carbocycles. The lowest BCUT2D eigenvalue weighted by Gasteiger charge is -2.58. The van der Waals surface area contributed by atoms with E-state index in [9.17, 15) is 4.79 Å². The fourth-order valence-corrected chi connectivity index (χ4v) is 8.73. The zero-order chi connectivity index (χ0) is 30.3. The van der Waals surface area contributed by atoms with E-state index in [1.807, 2.05) is 11.1 Å². The molecule has 1 aliphatic carbocycles. The van der Waals surface area contributed by atoms with Gasteiger partial charge in [-0.2, -0.15) is 10.2 Å². The number of hydrogen-bond acceptors (Lipinski definition) is 6. The highest BCUT2D eigenvalue weighted by atomic mass is 35.5. The second kappa shape index (κ2) is 10.3. The monoisotopic (exact) mass is 605 g/mol. The summed E-state index contributed by atoms with van der Waals surface area (Å²) in [4.78, 5) is 19.2. The lowest BCUT2D eigenvalue weighted by molar-refractivity contribution is -0.149. The van der Waals surface area contributed by atoms with E-state index in [1.165, 1.54) is 6.08 Å². The molecule has 0 radical (unpaired) electrons. The lowest BCUT2D eigenvalue weighted by atomic mass is 9.60. The van der Waals surface area contributed by atoms with Gasteiger partial charge in [-0.25, -0.2) is 0 Å². The van der Waals surface area contributed by atoms with E-state index in [1.54, 1.807) is 0 Å². The van der Waals surface area contributed by atoms with Crippen molar-refractivity contribution < 1.29 is 9.53 Å². The van der Waals surface area contributed by atoms with E-state index in [0.29, 0.717) is 18.1 Å². The number of likely N-dealkylation sites (N-methyl/N-ethyl adjacent to an activating group) is 1. The number of ether oxygens (including phenoxy) is 1. The quantitative estimate of drug-likeness (QED) is 0.358. The molecule has 4 fully saturated rings. The number of likely N-dealkylation sites (tertiary alicyclic amines) is 1. The van der Waals surface area contributed by atoms with Crippen molar-refractivity contribution >= 4 is 34.2 Å². The van der Waals surface area contributed by atoms with Crippen molar-refractivity contribution in [3.05, 3.63) is 41.2 Å². The smallest absolute Gasteiger partial charge is 0.245 e. The third-order valence-electron chi connectivity index (χ3n) is 10.8. The second-order valence-electron chi connectivity index (χ2n) is 14.0. The summed E-state index contributed by atoms with van der Waals surface area (Å²) in [6, 6.07) is 3.43.